The van der Waals surface area contributed by atoms with Gasteiger partial charge in [0.05, 0.1) is 5.56 Å². The predicted molar refractivity (Wildman–Crippen MR) is 117 cm³/mol. The quantitative estimate of drug-likeness (QED) is 0.495. The van der Waals surface area contributed by atoms with Crippen LogP contribution in [0.3, 0.4) is 0 Å². The van der Waals surface area contributed by atoms with E-state index in [2.05, 4.69) is 5.32 Å². The maximum Gasteiger partial charge on any atom is 0.295 e. The van der Waals surface area contributed by atoms with Crippen molar-refractivity contribution < 1.29 is 14.4 Å². The molecule has 0 saturated carbocycles. The molecule has 0 bridgehead atoms. The maximum absolute atomic E-state index is 13.0. The number of nitrogens with zero attached hydrogens (tertiary/aromatic N) is 2. The molecule has 0 radical (unpaired) electrons. The number of aromatic nitrogens is 1. The highest BCUT2D eigenvalue weighted by atomic mass is 35.5. The topological polar surface area (TPSA) is 71.4 Å². The van der Waals surface area contributed by atoms with E-state index >= 15 is 0 Å². The van der Waals surface area contributed by atoms with Gasteiger partial charge in [-0.25, -0.2) is 0 Å². The van der Waals surface area contributed by atoms with Crippen LogP contribution in [-0.2, 0) is 16.1 Å². The summed E-state index contributed by atoms with van der Waals surface area (Å²) in [5.41, 5.74) is 1.71. The lowest BCUT2D eigenvalue weighted by Gasteiger charge is -2.25. The van der Waals surface area contributed by atoms with Crippen LogP contribution in [0.2, 0.25) is 5.02 Å². The van der Waals surface area contributed by atoms with Crippen molar-refractivity contribution in [3.63, 3.8) is 0 Å². The Morgan fingerprint density at radius 1 is 0.933 bits per heavy atom. The van der Waals surface area contributed by atoms with Gasteiger partial charge in [-0.3, -0.25) is 14.4 Å². The Hall–Kier alpha value is -3.12. The van der Waals surface area contributed by atoms with Crippen molar-refractivity contribution in [1.29, 1.82) is 0 Å². The summed E-state index contributed by atoms with van der Waals surface area (Å²) in [6, 6.07) is 14.2. The Morgan fingerprint density at radius 3 is 2.37 bits per heavy atom. The van der Waals surface area contributed by atoms with Gasteiger partial charge in [-0.2, -0.15) is 0 Å². The molecule has 1 aliphatic heterocycles. The van der Waals surface area contributed by atoms with Crippen molar-refractivity contribution in [3.8, 4) is 0 Å². The van der Waals surface area contributed by atoms with Crippen LogP contribution in [0.4, 0.5) is 5.69 Å². The minimum Gasteiger partial charge on any atom is -0.337 e. The number of hydrogen-bond donors (Lipinski definition) is 1. The largest absolute Gasteiger partial charge is 0.337 e. The van der Waals surface area contributed by atoms with Crippen LogP contribution in [0.1, 0.15) is 29.6 Å². The number of nitrogens with one attached hydrogen (secondary N) is 1. The van der Waals surface area contributed by atoms with E-state index < -0.39 is 11.7 Å². The molecule has 3 aromatic rings. The fourth-order valence-corrected chi connectivity index (χ4v) is 3.93. The number of amides is 2. The summed E-state index contributed by atoms with van der Waals surface area (Å²) in [6.45, 7) is 1.26. The summed E-state index contributed by atoms with van der Waals surface area (Å²) in [5, 5.41) is 4.08. The Kier molecular flexibility index (Phi) is 5.86. The van der Waals surface area contributed by atoms with E-state index in [1.807, 2.05) is 18.2 Å². The van der Waals surface area contributed by atoms with Crippen LogP contribution in [0.5, 0.6) is 0 Å². The normalized spacial score (nSPS) is 14.0. The average Bonchev–Trinajstić information content (AvgIpc) is 3.13. The molecule has 6 nitrogen and oxygen atoms in total. The molecule has 1 N–H and O–H groups in total. The molecule has 0 unspecified atom stereocenters. The average molecular weight is 424 g/mol. The zero-order valence-electron chi connectivity index (χ0n) is 16.4. The fraction of sp³-hybridized carbons (Fsp3) is 0.261. The SMILES string of the molecule is O=C(Cn1cc(C(=O)C(=O)N2CCCCC2)c2ccccc21)Nc1ccc(Cl)cc1. The molecule has 2 heterocycles. The summed E-state index contributed by atoms with van der Waals surface area (Å²) in [4.78, 5) is 39.9. The number of benzene rings is 2. The number of Topliss-reactive ketones (excluding diaryl/α,β-unsaturated/α-hetero) is 1. The van der Waals surface area contributed by atoms with Crippen molar-refractivity contribution in [2.75, 3.05) is 18.4 Å². The molecular formula is C23H22ClN3O3. The zero-order valence-corrected chi connectivity index (χ0v) is 17.2. The molecule has 2 amide bonds. The third-order valence-corrected chi connectivity index (χ3v) is 5.56. The molecule has 2 aromatic carbocycles. The molecule has 1 fully saturated rings. The van der Waals surface area contributed by atoms with Crippen LogP contribution in [-0.4, -0.2) is 40.2 Å². The van der Waals surface area contributed by atoms with Gasteiger partial charge in [0.15, 0.2) is 0 Å². The minimum absolute atomic E-state index is 0.0221. The first-order valence-corrected chi connectivity index (χ1v) is 10.4. The summed E-state index contributed by atoms with van der Waals surface area (Å²) < 4.78 is 1.71. The maximum atomic E-state index is 13.0. The number of likely N-dealkylation sites (tertiary alicyclic amines) is 1. The van der Waals surface area contributed by atoms with Crippen LogP contribution < -0.4 is 5.32 Å². The lowest BCUT2D eigenvalue weighted by Crippen LogP contribution is -2.40. The summed E-state index contributed by atoms with van der Waals surface area (Å²) >= 11 is 5.88. The fourth-order valence-electron chi connectivity index (χ4n) is 3.80. The van der Waals surface area contributed by atoms with Crippen LogP contribution in [0, 0.1) is 0 Å². The van der Waals surface area contributed by atoms with E-state index in [4.69, 9.17) is 11.6 Å². The van der Waals surface area contributed by atoms with Gasteiger partial charge in [-0.1, -0.05) is 29.8 Å². The number of carbonyl (C=O) groups is 3. The van der Waals surface area contributed by atoms with Crippen LogP contribution in [0.15, 0.2) is 54.7 Å². The first-order chi connectivity index (χ1) is 14.5. The molecule has 0 aliphatic carbocycles. The monoisotopic (exact) mass is 423 g/mol. The zero-order chi connectivity index (χ0) is 21.1. The molecule has 1 aliphatic rings. The summed E-state index contributed by atoms with van der Waals surface area (Å²) in [5.74, 6) is -1.23. The van der Waals surface area contributed by atoms with Gasteiger partial charge in [-0.05, 0) is 49.6 Å². The molecule has 7 heteroatoms. The summed E-state index contributed by atoms with van der Waals surface area (Å²) in [6.07, 6.45) is 4.54. The van der Waals surface area contributed by atoms with E-state index in [-0.39, 0.29) is 12.5 Å². The number of hydrogen-bond acceptors (Lipinski definition) is 3. The van der Waals surface area contributed by atoms with E-state index in [1.165, 1.54) is 0 Å². The van der Waals surface area contributed by atoms with Crippen LogP contribution in [0.25, 0.3) is 10.9 Å². The van der Waals surface area contributed by atoms with Crippen molar-refractivity contribution in [2.24, 2.45) is 0 Å². The number of carbonyl (C=O) groups excluding carboxylic acids is 3. The molecule has 0 atom stereocenters. The first-order valence-electron chi connectivity index (χ1n) is 10.00. The Labute approximate surface area is 179 Å². The van der Waals surface area contributed by atoms with Gasteiger partial charge in [0.2, 0.25) is 5.91 Å². The molecule has 1 aromatic heterocycles. The summed E-state index contributed by atoms with van der Waals surface area (Å²) in [7, 11) is 0. The molecule has 4 rings (SSSR count). The lowest BCUT2D eigenvalue weighted by molar-refractivity contribution is -0.127. The molecular weight excluding hydrogens is 402 g/mol. The molecule has 154 valence electrons. The Bertz CT molecular complexity index is 1100. The number of fused-ring (bicyclic) bond motifs is 1. The second-order valence-electron chi connectivity index (χ2n) is 7.42. The van der Waals surface area contributed by atoms with Gasteiger partial charge in [0.1, 0.15) is 6.54 Å². The van der Waals surface area contributed by atoms with Crippen LogP contribution >= 0.6 is 11.6 Å². The van der Waals surface area contributed by atoms with Crippen molar-refractivity contribution in [3.05, 3.63) is 65.3 Å². The van der Waals surface area contributed by atoms with Gasteiger partial charge in [-0.15, -0.1) is 0 Å². The van der Waals surface area contributed by atoms with Gasteiger partial charge in [0, 0.05) is 40.9 Å². The number of ketones is 1. The highest BCUT2D eigenvalue weighted by Gasteiger charge is 2.27. The van der Waals surface area contributed by atoms with Crippen molar-refractivity contribution >= 4 is 45.8 Å². The van der Waals surface area contributed by atoms with Gasteiger partial charge < -0.3 is 14.8 Å². The van der Waals surface area contributed by atoms with E-state index in [0.717, 1.165) is 24.8 Å². The second-order valence-corrected chi connectivity index (χ2v) is 7.86. The van der Waals surface area contributed by atoms with E-state index in [9.17, 15) is 14.4 Å². The van der Waals surface area contributed by atoms with Crippen molar-refractivity contribution in [2.45, 2.75) is 25.8 Å². The second kappa shape index (κ2) is 8.71. The minimum atomic E-state index is -0.523. The first kappa shape index (κ1) is 20.2. The van der Waals surface area contributed by atoms with Gasteiger partial charge >= 0.3 is 0 Å². The predicted octanol–water partition coefficient (Wildman–Crippen LogP) is 4.13. The Balaban J connectivity index is 1.57. The smallest absolute Gasteiger partial charge is 0.295 e. The number of halogens is 1. The van der Waals surface area contributed by atoms with Crippen molar-refractivity contribution in [1.82, 2.24) is 9.47 Å². The van der Waals surface area contributed by atoms with E-state index in [1.54, 1.807) is 46.0 Å². The highest BCUT2D eigenvalue weighted by molar-refractivity contribution is 6.44. The molecule has 30 heavy (non-hydrogen) atoms. The number of piperidine rings is 1. The third kappa shape index (κ3) is 4.24. The molecule has 0 spiro atoms. The number of anilines is 1. The molecule has 1 saturated heterocycles. The number of rotatable bonds is 5. The lowest BCUT2D eigenvalue weighted by atomic mass is 10.1. The Morgan fingerprint density at radius 2 is 1.63 bits per heavy atom. The number of para-hydroxylation sites is 1. The van der Waals surface area contributed by atoms with E-state index in [0.29, 0.717) is 34.7 Å². The van der Waals surface area contributed by atoms with Gasteiger partial charge in [0.25, 0.3) is 11.7 Å². The standard InChI is InChI=1S/C23H22ClN3O3/c24-16-8-10-17(11-9-16)25-21(28)15-27-14-19(18-6-2-3-7-20(18)27)22(29)23(30)26-12-4-1-5-13-26/h2-3,6-11,14H,1,4-5,12-13,15H2,(H,25,28). The third-order valence-electron chi connectivity index (χ3n) is 5.31. The highest BCUT2D eigenvalue weighted by Crippen LogP contribution is 2.23.